The van der Waals surface area contributed by atoms with E-state index >= 15 is 0 Å². The summed E-state index contributed by atoms with van der Waals surface area (Å²) < 4.78 is 0. The molecule has 0 fully saturated rings. The van der Waals surface area contributed by atoms with Crippen LogP contribution in [0.5, 0.6) is 0 Å². The van der Waals surface area contributed by atoms with Gasteiger partial charge in [0.25, 0.3) is 5.91 Å². The summed E-state index contributed by atoms with van der Waals surface area (Å²) in [4.78, 5) is 22.1. The van der Waals surface area contributed by atoms with Gasteiger partial charge in [-0.05, 0) is 12.1 Å². The fourth-order valence-corrected chi connectivity index (χ4v) is 1.27. The van der Waals surface area contributed by atoms with Crippen molar-refractivity contribution in [1.29, 1.82) is 0 Å². The molecule has 0 aromatic carbocycles. The molecule has 0 unspecified atom stereocenters. The normalized spacial score (nSPS) is 9.93. The van der Waals surface area contributed by atoms with E-state index in [1.54, 1.807) is 24.5 Å². The van der Waals surface area contributed by atoms with Crippen LogP contribution in [0.25, 0.3) is 0 Å². The predicted molar refractivity (Wildman–Crippen MR) is 55.8 cm³/mol. The van der Waals surface area contributed by atoms with Crippen molar-refractivity contribution in [3.8, 4) is 0 Å². The van der Waals surface area contributed by atoms with Gasteiger partial charge in [-0.25, -0.2) is 9.97 Å². The van der Waals surface area contributed by atoms with Crippen LogP contribution in [-0.2, 0) is 0 Å². The maximum absolute atomic E-state index is 11.6. The zero-order chi connectivity index (χ0) is 10.7. The average Bonchev–Trinajstić information content (AvgIpc) is 2.71. The third-order valence-electron chi connectivity index (χ3n) is 1.73. The van der Waals surface area contributed by atoms with Gasteiger partial charge in [0.1, 0.15) is 5.15 Å². The van der Waals surface area contributed by atoms with E-state index in [9.17, 15) is 4.79 Å². The van der Waals surface area contributed by atoms with Crippen molar-refractivity contribution in [3.05, 3.63) is 41.4 Å². The fraction of sp³-hybridized carbons (Fsp3) is 0. The lowest BCUT2D eigenvalue weighted by Crippen LogP contribution is -2.13. The number of pyridine rings is 1. The van der Waals surface area contributed by atoms with Gasteiger partial charge < -0.3 is 4.98 Å². The number of nitrogens with one attached hydrogen (secondary N) is 2. The quantitative estimate of drug-likeness (QED) is 0.760. The Morgan fingerprint density at radius 3 is 2.93 bits per heavy atom. The van der Waals surface area contributed by atoms with Crippen LogP contribution in [0.3, 0.4) is 0 Å². The van der Waals surface area contributed by atoms with Gasteiger partial charge in [-0.2, -0.15) is 0 Å². The number of halogens is 1. The van der Waals surface area contributed by atoms with Crippen molar-refractivity contribution >= 4 is 23.5 Å². The summed E-state index contributed by atoms with van der Waals surface area (Å²) in [5.41, 5.74) is 0.315. The highest BCUT2D eigenvalue weighted by Crippen LogP contribution is 2.12. The molecule has 0 radical (unpaired) electrons. The summed E-state index contributed by atoms with van der Waals surface area (Å²) in [6.07, 6.45) is 4.67. The Morgan fingerprint density at radius 1 is 1.40 bits per heavy atom. The van der Waals surface area contributed by atoms with Crippen LogP contribution < -0.4 is 5.32 Å². The third kappa shape index (κ3) is 2.13. The predicted octanol–water partition coefficient (Wildman–Crippen LogP) is 1.71. The Balaban J connectivity index is 2.19. The molecule has 2 aromatic rings. The van der Waals surface area contributed by atoms with Crippen LogP contribution >= 0.6 is 11.6 Å². The Morgan fingerprint density at radius 2 is 2.27 bits per heavy atom. The second kappa shape index (κ2) is 4.10. The first-order chi connectivity index (χ1) is 7.27. The van der Waals surface area contributed by atoms with Crippen molar-refractivity contribution < 1.29 is 4.79 Å². The van der Waals surface area contributed by atoms with E-state index in [0.29, 0.717) is 11.5 Å². The number of aromatic amines is 1. The molecule has 0 bridgehead atoms. The molecule has 0 aliphatic rings. The summed E-state index contributed by atoms with van der Waals surface area (Å²) in [5.74, 6) is 0.0305. The number of amides is 1. The number of nitrogens with zero attached hydrogens (tertiary/aromatic N) is 2. The number of carbonyl (C=O) groups excluding carboxylic acids is 1. The standard InChI is InChI=1S/C9H7ClN4O/c10-7-6(2-1-3-11-7)8(15)14-9-12-4-5-13-9/h1-5H,(H2,12,13,14,15). The van der Waals surface area contributed by atoms with Gasteiger partial charge in [0, 0.05) is 18.6 Å². The Kier molecular flexibility index (Phi) is 2.64. The second-order valence-electron chi connectivity index (χ2n) is 2.73. The Bertz CT molecular complexity index is 469. The van der Waals surface area contributed by atoms with E-state index in [1.807, 2.05) is 0 Å². The molecular formula is C9H7ClN4O. The first-order valence-electron chi connectivity index (χ1n) is 4.18. The second-order valence-corrected chi connectivity index (χ2v) is 3.09. The van der Waals surface area contributed by atoms with Crippen LogP contribution in [0, 0.1) is 0 Å². The van der Waals surface area contributed by atoms with Crippen LogP contribution in [-0.4, -0.2) is 20.9 Å². The Labute approximate surface area is 90.5 Å². The largest absolute Gasteiger partial charge is 0.331 e. The number of rotatable bonds is 2. The molecule has 0 spiro atoms. The molecular weight excluding hydrogens is 216 g/mol. The third-order valence-corrected chi connectivity index (χ3v) is 2.04. The minimum atomic E-state index is -0.344. The minimum absolute atomic E-state index is 0.168. The summed E-state index contributed by atoms with van der Waals surface area (Å²) in [6.45, 7) is 0. The summed E-state index contributed by atoms with van der Waals surface area (Å²) in [7, 11) is 0. The smallest absolute Gasteiger partial charge is 0.261 e. The van der Waals surface area contributed by atoms with Gasteiger partial charge >= 0.3 is 0 Å². The van der Waals surface area contributed by atoms with Gasteiger partial charge in [-0.15, -0.1) is 0 Å². The molecule has 0 atom stereocenters. The monoisotopic (exact) mass is 222 g/mol. The van der Waals surface area contributed by atoms with Gasteiger partial charge in [-0.1, -0.05) is 11.6 Å². The molecule has 0 aliphatic heterocycles. The van der Waals surface area contributed by atoms with Crippen molar-refractivity contribution in [1.82, 2.24) is 15.0 Å². The molecule has 0 saturated carbocycles. The van der Waals surface area contributed by atoms with E-state index in [4.69, 9.17) is 11.6 Å². The minimum Gasteiger partial charge on any atom is -0.331 e. The molecule has 1 amide bonds. The van der Waals surface area contributed by atoms with Crippen LogP contribution in [0.4, 0.5) is 5.95 Å². The topological polar surface area (TPSA) is 70.7 Å². The highest BCUT2D eigenvalue weighted by molar-refractivity contribution is 6.33. The van der Waals surface area contributed by atoms with Crippen molar-refractivity contribution in [2.75, 3.05) is 5.32 Å². The van der Waals surface area contributed by atoms with E-state index in [-0.39, 0.29) is 11.1 Å². The molecule has 0 aliphatic carbocycles. The zero-order valence-electron chi connectivity index (χ0n) is 7.57. The highest BCUT2D eigenvalue weighted by Gasteiger charge is 2.11. The zero-order valence-corrected chi connectivity index (χ0v) is 8.32. The maximum atomic E-state index is 11.6. The molecule has 2 aromatic heterocycles. The fourth-order valence-electron chi connectivity index (χ4n) is 1.06. The van der Waals surface area contributed by atoms with Gasteiger partial charge in [0.05, 0.1) is 5.56 Å². The number of anilines is 1. The molecule has 76 valence electrons. The SMILES string of the molecule is O=C(Nc1ncc[nH]1)c1cccnc1Cl. The number of imidazole rings is 1. The van der Waals surface area contributed by atoms with Gasteiger partial charge in [-0.3, -0.25) is 10.1 Å². The van der Waals surface area contributed by atoms with Gasteiger partial charge in [0.2, 0.25) is 5.95 Å². The first kappa shape index (κ1) is 9.67. The molecule has 2 rings (SSSR count). The average molecular weight is 223 g/mol. The molecule has 15 heavy (non-hydrogen) atoms. The van der Waals surface area contributed by atoms with Crippen molar-refractivity contribution in [2.24, 2.45) is 0 Å². The van der Waals surface area contributed by atoms with E-state index in [0.717, 1.165) is 0 Å². The number of H-pyrrole nitrogens is 1. The lowest BCUT2D eigenvalue weighted by molar-refractivity contribution is 0.102. The first-order valence-corrected chi connectivity index (χ1v) is 4.56. The molecule has 5 nitrogen and oxygen atoms in total. The molecule has 2 heterocycles. The van der Waals surface area contributed by atoms with Crippen molar-refractivity contribution in [3.63, 3.8) is 0 Å². The van der Waals surface area contributed by atoms with Gasteiger partial charge in [0.15, 0.2) is 0 Å². The van der Waals surface area contributed by atoms with Crippen LogP contribution in [0.2, 0.25) is 5.15 Å². The number of carbonyl (C=O) groups is 1. The highest BCUT2D eigenvalue weighted by atomic mass is 35.5. The van der Waals surface area contributed by atoms with Crippen molar-refractivity contribution in [2.45, 2.75) is 0 Å². The number of hydrogen-bond donors (Lipinski definition) is 2. The van der Waals surface area contributed by atoms with Crippen LogP contribution in [0.1, 0.15) is 10.4 Å². The summed E-state index contributed by atoms with van der Waals surface area (Å²) in [5, 5.41) is 2.72. The molecule has 0 saturated heterocycles. The molecule has 6 heteroatoms. The van der Waals surface area contributed by atoms with E-state index in [2.05, 4.69) is 20.3 Å². The number of hydrogen-bond acceptors (Lipinski definition) is 3. The lowest BCUT2D eigenvalue weighted by atomic mass is 10.3. The lowest BCUT2D eigenvalue weighted by Gasteiger charge is -2.02. The van der Waals surface area contributed by atoms with E-state index in [1.165, 1.54) is 6.20 Å². The summed E-state index contributed by atoms with van der Waals surface area (Å²) in [6, 6.07) is 3.23. The number of aromatic nitrogens is 3. The van der Waals surface area contributed by atoms with Crippen LogP contribution in [0.15, 0.2) is 30.7 Å². The summed E-state index contributed by atoms with van der Waals surface area (Å²) >= 11 is 5.76. The Hall–Kier alpha value is -1.88. The maximum Gasteiger partial charge on any atom is 0.261 e. The molecule has 2 N–H and O–H groups in total. The van der Waals surface area contributed by atoms with E-state index < -0.39 is 0 Å².